The van der Waals surface area contributed by atoms with E-state index in [9.17, 15) is 24.0 Å². The number of fused-ring (bicyclic) bond motifs is 1. The Hall–Kier alpha value is -1.70. The van der Waals surface area contributed by atoms with Crippen LogP contribution in [0.15, 0.2) is 28.8 Å². The predicted molar refractivity (Wildman–Crippen MR) is 118 cm³/mol. The van der Waals surface area contributed by atoms with Crippen molar-refractivity contribution in [3.05, 3.63) is 33.7 Å². The number of carbonyl (C=O) groups is 4. The van der Waals surface area contributed by atoms with E-state index in [0.29, 0.717) is 11.3 Å². The summed E-state index contributed by atoms with van der Waals surface area (Å²) < 4.78 is 5.20. The molecule has 4 atom stereocenters. The molecular weight excluding hydrogens is 479 g/mol. The molecule has 1 aromatic rings. The van der Waals surface area contributed by atoms with Gasteiger partial charge < -0.3 is 30.8 Å². The fourth-order valence-electron chi connectivity index (χ4n) is 3.14. The number of β-lactam (4-membered cyclic amide) rings is 1. The van der Waals surface area contributed by atoms with Gasteiger partial charge in [0.15, 0.2) is 0 Å². The Kier molecular flexibility index (Phi) is 10.1. The Bertz CT molecular complexity index is 952. The van der Waals surface area contributed by atoms with Gasteiger partial charge in [0, 0.05) is 11.2 Å². The van der Waals surface area contributed by atoms with Gasteiger partial charge in [-0.25, -0.2) is 4.79 Å². The zero-order valence-corrected chi connectivity index (χ0v) is 22.1. The van der Waals surface area contributed by atoms with E-state index < -0.39 is 41.3 Å². The Morgan fingerprint density at radius 1 is 1.36 bits per heavy atom. The zero-order chi connectivity index (χ0) is 23.4. The first-order valence-corrected chi connectivity index (χ1v) is 11.7. The summed E-state index contributed by atoms with van der Waals surface area (Å²) >= 11 is 2.81. The van der Waals surface area contributed by atoms with Crippen LogP contribution in [0, 0.1) is 0 Å². The monoisotopic (exact) mass is 502 g/mol. The molecule has 13 heteroatoms. The van der Waals surface area contributed by atoms with Gasteiger partial charge in [-0.3, -0.25) is 14.4 Å². The normalized spacial score (nSPS) is 21.1. The second kappa shape index (κ2) is 12.1. The summed E-state index contributed by atoms with van der Waals surface area (Å²) in [6, 6.07) is 1.27. The van der Waals surface area contributed by atoms with Crippen LogP contribution in [-0.4, -0.2) is 70.7 Å². The molecule has 4 N–H and O–H groups in total. The van der Waals surface area contributed by atoms with E-state index in [1.165, 1.54) is 41.8 Å². The maximum absolute atomic E-state index is 12.6. The quantitative estimate of drug-likeness (QED) is 0.136. The van der Waals surface area contributed by atoms with Crippen LogP contribution in [0.25, 0.3) is 0 Å². The van der Waals surface area contributed by atoms with E-state index in [0.717, 1.165) is 4.88 Å². The second-order valence-corrected chi connectivity index (χ2v) is 9.53. The van der Waals surface area contributed by atoms with Crippen LogP contribution < -0.4 is 45.9 Å². The average molecular weight is 503 g/mol. The fraction of sp³-hybridized carbons (Fsp3) is 0.450. The van der Waals surface area contributed by atoms with Crippen molar-refractivity contribution < 1.29 is 58.3 Å². The summed E-state index contributed by atoms with van der Waals surface area (Å²) in [5.74, 6) is -1.55. The summed E-state index contributed by atoms with van der Waals surface area (Å²) in [6.07, 6.45) is 1.94. The molecule has 0 saturated carbocycles. The molecule has 0 aromatic carbocycles. The van der Waals surface area contributed by atoms with Crippen LogP contribution in [0.3, 0.4) is 0 Å². The van der Waals surface area contributed by atoms with Crippen LogP contribution >= 0.6 is 23.1 Å². The molecular formula is C20H23N4NaO6S2. The number of hydrogen-bond donors (Lipinski definition) is 3. The number of nitrogens with one attached hydrogen (secondary N) is 2. The van der Waals surface area contributed by atoms with Gasteiger partial charge in [0.2, 0.25) is 11.8 Å². The predicted octanol–water partition coefficient (Wildman–Crippen LogP) is -3.55. The van der Waals surface area contributed by atoms with Crippen molar-refractivity contribution >= 4 is 53.1 Å². The number of amides is 3. The summed E-state index contributed by atoms with van der Waals surface area (Å²) in [5, 5.41) is 6.60. The third-order valence-corrected chi connectivity index (χ3v) is 7.11. The standard InChI is InChI=1S/C20H23N4O6S2.Na/c1-10(21)17(27)22-11(2)20(29)30-8-12-9-32-19-16(18(28)24(19)14(12)7-25)23-15(26)6-13-4-3-5-31-13;/h3-5,10-11,16,19H,6,8-9,21H2,1-2H3,(H,22,27)(H,23,26);/q-1;+1/t10-,11-,16+,19+;/m0./s1. The average Bonchev–Trinajstić information content (AvgIpc) is 3.27. The number of thiophene rings is 1. The Labute approximate surface area is 221 Å². The number of esters is 1. The first kappa shape index (κ1) is 27.5. The van der Waals surface area contributed by atoms with Crippen molar-refractivity contribution in [1.82, 2.24) is 15.5 Å². The molecule has 0 radical (unpaired) electrons. The molecule has 2 aliphatic rings. The van der Waals surface area contributed by atoms with Crippen LogP contribution in [0.1, 0.15) is 18.7 Å². The van der Waals surface area contributed by atoms with Gasteiger partial charge in [-0.15, -0.1) is 28.7 Å². The Morgan fingerprint density at radius 3 is 2.70 bits per heavy atom. The maximum atomic E-state index is 12.6. The number of hydrogen-bond acceptors (Lipinski definition) is 9. The van der Waals surface area contributed by atoms with Crippen molar-refractivity contribution in [2.75, 3.05) is 12.4 Å². The molecule has 10 nitrogen and oxygen atoms in total. The molecule has 172 valence electrons. The molecule has 3 rings (SSSR count). The largest absolute Gasteiger partial charge is 1.00 e. The number of rotatable bonds is 9. The smallest absolute Gasteiger partial charge is 0.478 e. The molecule has 3 amide bonds. The first-order chi connectivity index (χ1) is 15.2. The zero-order valence-electron chi connectivity index (χ0n) is 18.5. The topological polar surface area (TPSA) is 148 Å². The van der Waals surface area contributed by atoms with Gasteiger partial charge >= 0.3 is 35.5 Å². The van der Waals surface area contributed by atoms with Crippen molar-refractivity contribution in [3.8, 4) is 0 Å². The van der Waals surface area contributed by atoms with Crippen molar-refractivity contribution in [3.63, 3.8) is 0 Å². The molecule has 0 bridgehead atoms. The molecule has 2 aliphatic heterocycles. The number of ether oxygens (including phenoxy) is 1. The van der Waals surface area contributed by atoms with Gasteiger partial charge in [0.25, 0.3) is 5.91 Å². The van der Waals surface area contributed by atoms with Gasteiger partial charge in [-0.2, -0.15) is 0 Å². The molecule has 1 fully saturated rings. The molecule has 0 unspecified atom stereocenters. The van der Waals surface area contributed by atoms with Crippen molar-refractivity contribution in [2.24, 2.45) is 5.73 Å². The maximum Gasteiger partial charge on any atom is 1.00 e. The summed E-state index contributed by atoms with van der Waals surface area (Å²) in [5.41, 5.74) is 5.90. The van der Waals surface area contributed by atoms with Gasteiger partial charge in [-0.1, -0.05) is 11.8 Å². The SMILES string of the molecule is C[C@H](N)C(=O)N[C@@H](C)C(=O)OCC1=C([C-]=O)N2C(=O)[C@@H](NC(=O)Cc3cccs3)[C@H]2SC1.[Na+]. The molecule has 1 saturated heterocycles. The Morgan fingerprint density at radius 2 is 2.09 bits per heavy atom. The van der Waals surface area contributed by atoms with E-state index >= 15 is 0 Å². The van der Waals surface area contributed by atoms with E-state index in [1.807, 2.05) is 17.5 Å². The van der Waals surface area contributed by atoms with Crippen LogP contribution in [0.4, 0.5) is 0 Å². The number of thioether (sulfide) groups is 1. The first-order valence-electron chi connectivity index (χ1n) is 9.82. The molecule has 0 aliphatic carbocycles. The number of carbonyl (C=O) groups excluding carboxylic acids is 5. The minimum atomic E-state index is -0.921. The van der Waals surface area contributed by atoms with E-state index in [2.05, 4.69) is 10.6 Å². The third-order valence-electron chi connectivity index (χ3n) is 4.89. The molecule has 0 spiro atoms. The van der Waals surface area contributed by atoms with Gasteiger partial charge in [0.1, 0.15) is 17.5 Å². The third kappa shape index (κ3) is 6.46. The van der Waals surface area contributed by atoms with Crippen LogP contribution in [-0.2, 0) is 35.1 Å². The number of allylic oxidation sites excluding steroid dienone is 1. The van der Waals surface area contributed by atoms with Gasteiger partial charge in [-0.05, 0) is 31.0 Å². The van der Waals surface area contributed by atoms with Crippen molar-refractivity contribution in [2.45, 2.75) is 43.8 Å². The summed E-state index contributed by atoms with van der Waals surface area (Å²) in [4.78, 5) is 62.3. The second-order valence-electron chi connectivity index (χ2n) is 7.39. The van der Waals surface area contributed by atoms with Gasteiger partial charge in [0.05, 0.1) is 19.1 Å². The minimum absolute atomic E-state index is 0. The van der Waals surface area contributed by atoms with Crippen LogP contribution in [0.5, 0.6) is 0 Å². The summed E-state index contributed by atoms with van der Waals surface area (Å²) in [7, 11) is 0. The number of nitrogens with zero attached hydrogens (tertiary/aromatic N) is 1. The fourth-order valence-corrected chi connectivity index (χ4v) is 5.18. The number of nitrogens with two attached hydrogens (primary N) is 1. The molecule has 1 aromatic heterocycles. The molecule has 33 heavy (non-hydrogen) atoms. The van der Waals surface area contributed by atoms with E-state index in [-0.39, 0.29) is 54.2 Å². The minimum Gasteiger partial charge on any atom is -0.478 e. The Balaban J connectivity index is 0.00000385. The van der Waals surface area contributed by atoms with Crippen molar-refractivity contribution in [1.29, 1.82) is 0 Å². The van der Waals surface area contributed by atoms with E-state index in [4.69, 9.17) is 10.5 Å². The van der Waals surface area contributed by atoms with Crippen LogP contribution in [0.2, 0.25) is 0 Å². The molecule has 3 heterocycles. The summed E-state index contributed by atoms with van der Waals surface area (Å²) in [6.45, 7) is 2.72. The van der Waals surface area contributed by atoms with E-state index in [1.54, 1.807) is 6.29 Å².